The third-order valence-electron chi connectivity index (χ3n) is 3.54. The molecule has 0 atom stereocenters. The van der Waals surface area contributed by atoms with E-state index in [0.29, 0.717) is 27.7 Å². The van der Waals surface area contributed by atoms with E-state index in [1.165, 1.54) is 12.4 Å². The van der Waals surface area contributed by atoms with Crippen LogP contribution in [0.2, 0.25) is 5.02 Å². The second kappa shape index (κ2) is 7.64. The lowest BCUT2D eigenvalue weighted by atomic mass is 10.1. The summed E-state index contributed by atoms with van der Waals surface area (Å²) in [5.41, 5.74) is 1.80. The maximum Gasteiger partial charge on any atom is 0.338 e. The summed E-state index contributed by atoms with van der Waals surface area (Å²) < 4.78 is 5.71. The quantitative estimate of drug-likeness (QED) is 0.735. The third-order valence-corrected chi connectivity index (χ3v) is 3.78. The largest absolute Gasteiger partial charge is 0.488 e. The number of carbonyl (C=O) groups is 1. The van der Waals surface area contributed by atoms with E-state index >= 15 is 0 Å². The second-order valence-electron chi connectivity index (χ2n) is 5.34. The number of benzene rings is 2. The van der Waals surface area contributed by atoms with Crippen molar-refractivity contribution in [1.29, 1.82) is 5.26 Å². The minimum Gasteiger partial charge on any atom is -0.488 e. The smallest absolute Gasteiger partial charge is 0.338 e. The first-order valence-corrected chi connectivity index (χ1v) is 7.91. The molecule has 0 saturated heterocycles. The Morgan fingerprint density at radius 2 is 1.96 bits per heavy atom. The lowest BCUT2D eigenvalue weighted by molar-refractivity contribution is 0.0696. The maximum absolute atomic E-state index is 10.9. The fourth-order valence-corrected chi connectivity index (χ4v) is 2.47. The highest BCUT2D eigenvalue weighted by Gasteiger charge is 2.10. The Labute approximate surface area is 154 Å². The summed E-state index contributed by atoms with van der Waals surface area (Å²) in [6.07, 6.45) is 2.44. The van der Waals surface area contributed by atoms with E-state index in [2.05, 4.69) is 16.0 Å². The summed E-state index contributed by atoms with van der Waals surface area (Å²) in [4.78, 5) is 18.9. The Morgan fingerprint density at radius 3 is 2.62 bits per heavy atom. The van der Waals surface area contributed by atoms with E-state index < -0.39 is 5.97 Å². The summed E-state index contributed by atoms with van der Waals surface area (Å²) in [5, 5.41) is 18.9. The predicted octanol–water partition coefficient (Wildman–Crippen LogP) is 3.95. The molecule has 0 saturated carbocycles. The van der Waals surface area contributed by atoms with Crippen LogP contribution in [0.15, 0.2) is 54.9 Å². The summed E-state index contributed by atoms with van der Waals surface area (Å²) in [6.45, 7) is 0.276. The fraction of sp³-hybridized carbons (Fsp3) is 0.0526. The van der Waals surface area contributed by atoms with Gasteiger partial charge in [-0.25, -0.2) is 14.8 Å². The molecular formula is C19H12ClN3O3. The Hall–Kier alpha value is -3.43. The molecule has 128 valence electrons. The van der Waals surface area contributed by atoms with Gasteiger partial charge in [-0.1, -0.05) is 23.7 Å². The number of carboxylic acid groups (broad SMARTS) is 1. The van der Waals surface area contributed by atoms with E-state index in [9.17, 15) is 10.1 Å². The average molecular weight is 366 g/mol. The van der Waals surface area contributed by atoms with Crippen LogP contribution in [0.5, 0.6) is 5.75 Å². The van der Waals surface area contributed by atoms with Crippen molar-refractivity contribution in [1.82, 2.24) is 9.97 Å². The number of carboxylic acids is 1. The average Bonchev–Trinajstić information content (AvgIpc) is 2.66. The first-order chi connectivity index (χ1) is 12.6. The molecule has 0 aliphatic carbocycles. The van der Waals surface area contributed by atoms with Gasteiger partial charge in [-0.3, -0.25) is 0 Å². The molecule has 1 aromatic heterocycles. The standard InChI is InChI=1S/C19H12ClN3O3/c20-16-3-1-2-12(6-16)11-26-17-5-4-13(7-14(17)8-21)18-22-9-15(10-23-18)19(24)25/h1-7,9-10H,11H2,(H,24,25). The lowest BCUT2D eigenvalue weighted by Crippen LogP contribution is -2.00. The van der Waals surface area contributed by atoms with Crippen LogP contribution in [-0.4, -0.2) is 21.0 Å². The third kappa shape index (κ3) is 3.97. The van der Waals surface area contributed by atoms with Gasteiger partial charge in [0.25, 0.3) is 0 Å². The van der Waals surface area contributed by atoms with Gasteiger partial charge in [0.1, 0.15) is 18.4 Å². The topological polar surface area (TPSA) is 96.1 Å². The minimum absolute atomic E-state index is 0.00395. The number of nitrogens with zero attached hydrogens (tertiary/aromatic N) is 3. The number of ether oxygens (including phenoxy) is 1. The van der Waals surface area contributed by atoms with Crippen LogP contribution in [0.25, 0.3) is 11.4 Å². The summed E-state index contributed by atoms with van der Waals surface area (Å²) in [7, 11) is 0. The SMILES string of the molecule is N#Cc1cc(-c2ncc(C(=O)O)cn2)ccc1OCc1cccc(Cl)c1. The Morgan fingerprint density at radius 1 is 1.19 bits per heavy atom. The number of rotatable bonds is 5. The van der Waals surface area contributed by atoms with Crippen LogP contribution < -0.4 is 4.74 Å². The number of aromatic carboxylic acids is 1. The molecule has 0 fully saturated rings. The van der Waals surface area contributed by atoms with Crippen LogP contribution in [0, 0.1) is 11.3 Å². The predicted molar refractivity (Wildman–Crippen MR) is 94.9 cm³/mol. The molecule has 2 aromatic carbocycles. The van der Waals surface area contributed by atoms with Gasteiger partial charge in [0.2, 0.25) is 0 Å². The van der Waals surface area contributed by atoms with E-state index in [1.54, 1.807) is 30.3 Å². The molecule has 0 radical (unpaired) electrons. The molecule has 3 rings (SSSR count). The van der Waals surface area contributed by atoms with Crippen molar-refractivity contribution in [3.05, 3.63) is 76.6 Å². The van der Waals surface area contributed by atoms with E-state index in [1.807, 2.05) is 12.1 Å². The first-order valence-electron chi connectivity index (χ1n) is 7.54. The summed E-state index contributed by atoms with van der Waals surface area (Å²) >= 11 is 5.95. The highest BCUT2D eigenvalue weighted by molar-refractivity contribution is 6.30. The van der Waals surface area contributed by atoms with Crippen LogP contribution in [-0.2, 0) is 6.61 Å². The molecule has 0 aliphatic heterocycles. The van der Waals surface area contributed by atoms with Crippen LogP contribution in [0.4, 0.5) is 0 Å². The van der Waals surface area contributed by atoms with Crippen molar-refractivity contribution in [2.45, 2.75) is 6.61 Å². The minimum atomic E-state index is -1.10. The molecule has 0 amide bonds. The fourth-order valence-electron chi connectivity index (χ4n) is 2.26. The van der Waals surface area contributed by atoms with Gasteiger partial charge in [0.05, 0.1) is 11.1 Å². The molecule has 1 heterocycles. The van der Waals surface area contributed by atoms with Crippen molar-refractivity contribution in [3.63, 3.8) is 0 Å². The summed E-state index contributed by atoms with van der Waals surface area (Å²) in [6, 6.07) is 14.3. The van der Waals surface area contributed by atoms with Crippen molar-refractivity contribution in [3.8, 4) is 23.2 Å². The first kappa shape index (κ1) is 17.4. The lowest BCUT2D eigenvalue weighted by Gasteiger charge is -2.09. The normalized spacial score (nSPS) is 10.2. The van der Waals surface area contributed by atoms with Crippen molar-refractivity contribution in [2.75, 3.05) is 0 Å². The molecule has 7 heteroatoms. The Kier molecular flexibility index (Phi) is 5.11. The molecule has 0 unspecified atom stereocenters. The van der Waals surface area contributed by atoms with E-state index in [0.717, 1.165) is 5.56 Å². The van der Waals surface area contributed by atoms with Crippen LogP contribution in [0.1, 0.15) is 21.5 Å². The number of nitriles is 1. The maximum atomic E-state index is 10.9. The van der Waals surface area contributed by atoms with Gasteiger partial charge in [0.15, 0.2) is 5.82 Å². The van der Waals surface area contributed by atoms with Gasteiger partial charge in [-0.15, -0.1) is 0 Å². The molecule has 0 spiro atoms. The molecule has 1 N–H and O–H groups in total. The zero-order valence-electron chi connectivity index (χ0n) is 13.4. The zero-order chi connectivity index (χ0) is 18.5. The zero-order valence-corrected chi connectivity index (χ0v) is 14.1. The van der Waals surface area contributed by atoms with Gasteiger partial charge in [-0.05, 0) is 35.9 Å². The number of aromatic nitrogens is 2. The second-order valence-corrected chi connectivity index (χ2v) is 5.78. The molecule has 0 bridgehead atoms. The van der Waals surface area contributed by atoms with Gasteiger partial charge in [-0.2, -0.15) is 5.26 Å². The number of hydrogen-bond acceptors (Lipinski definition) is 5. The van der Waals surface area contributed by atoms with Crippen molar-refractivity contribution < 1.29 is 14.6 Å². The van der Waals surface area contributed by atoms with E-state index in [4.69, 9.17) is 21.4 Å². The van der Waals surface area contributed by atoms with Crippen molar-refractivity contribution >= 4 is 17.6 Å². The molecule has 26 heavy (non-hydrogen) atoms. The highest BCUT2D eigenvalue weighted by atomic mass is 35.5. The van der Waals surface area contributed by atoms with Gasteiger partial charge in [0, 0.05) is 23.0 Å². The molecule has 6 nitrogen and oxygen atoms in total. The van der Waals surface area contributed by atoms with E-state index in [-0.39, 0.29) is 12.2 Å². The van der Waals surface area contributed by atoms with Gasteiger partial charge < -0.3 is 9.84 Å². The van der Waals surface area contributed by atoms with Crippen LogP contribution >= 0.6 is 11.6 Å². The monoisotopic (exact) mass is 365 g/mol. The Bertz CT molecular complexity index is 998. The summed E-state index contributed by atoms with van der Waals surface area (Å²) in [5.74, 6) is -0.342. The number of halogens is 1. The number of hydrogen-bond donors (Lipinski definition) is 1. The van der Waals surface area contributed by atoms with Crippen molar-refractivity contribution in [2.24, 2.45) is 0 Å². The molecule has 3 aromatic rings. The van der Waals surface area contributed by atoms with Gasteiger partial charge >= 0.3 is 5.97 Å². The van der Waals surface area contributed by atoms with Crippen LogP contribution in [0.3, 0.4) is 0 Å². The molecule has 0 aliphatic rings. The Balaban J connectivity index is 1.81. The molecular weight excluding hydrogens is 354 g/mol. The highest BCUT2D eigenvalue weighted by Crippen LogP contribution is 2.25.